The van der Waals surface area contributed by atoms with Gasteiger partial charge < -0.3 is 15.2 Å². The van der Waals surface area contributed by atoms with Crippen molar-refractivity contribution in [3.63, 3.8) is 0 Å². The van der Waals surface area contributed by atoms with Gasteiger partial charge in [-0.25, -0.2) is 9.97 Å². The van der Waals surface area contributed by atoms with E-state index in [0.29, 0.717) is 5.82 Å². The maximum Gasteiger partial charge on any atom is 0.132 e. The molecule has 3 rings (SSSR count). The Labute approximate surface area is 113 Å². The SMILES string of the molecule is CN(CCn1cncc1-c1cccnc1N)C1CC1. The molecule has 5 heteroatoms. The number of rotatable bonds is 5. The average Bonchev–Trinajstić information content (AvgIpc) is 3.16. The lowest BCUT2D eigenvalue weighted by Crippen LogP contribution is -2.25. The number of nitrogen functional groups attached to an aromatic ring is 1. The maximum atomic E-state index is 5.93. The van der Waals surface area contributed by atoms with E-state index >= 15 is 0 Å². The standard InChI is InChI=1S/C14H19N5/c1-18(11-4-5-11)7-8-19-10-16-9-13(19)12-3-2-6-17-14(12)15/h2-3,6,9-11H,4-5,7-8H2,1H3,(H2,15,17). The molecule has 5 nitrogen and oxygen atoms in total. The first-order chi connectivity index (χ1) is 9.25. The molecule has 1 saturated carbocycles. The Morgan fingerprint density at radius 2 is 2.32 bits per heavy atom. The van der Waals surface area contributed by atoms with Crippen molar-refractivity contribution < 1.29 is 0 Å². The Bertz CT molecular complexity index is 558. The van der Waals surface area contributed by atoms with Gasteiger partial charge in [-0.2, -0.15) is 0 Å². The first kappa shape index (κ1) is 12.2. The highest BCUT2D eigenvalue weighted by molar-refractivity contribution is 5.70. The van der Waals surface area contributed by atoms with Crippen molar-refractivity contribution in [3.05, 3.63) is 30.9 Å². The Hall–Kier alpha value is -1.88. The molecule has 0 spiro atoms. The summed E-state index contributed by atoms with van der Waals surface area (Å²) in [6, 6.07) is 4.68. The van der Waals surface area contributed by atoms with Crippen LogP contribution in [0.15, 0.2) is 30.9 Å². The first-order valence-electron chi connectivity index (χ1n) is 6.67. The van der Waals surface area contributed by atoms with Crippen molar-refractivity contribution in [3.8, 4) is 11.3 Å². The number of pyridine rings is 1. The third kappa shape index (κ3) is 2.61. The van der Waals surface area contributed by atoms with Crippen LogP contribution in [0.3, 0.4) is 0 Å². The van der Waals surface area contributed by atoms with Crippen LogP contribution < -0.4 is 5.73 Å². The van der Waals surface area contributed by atoms with E-state index in [4.69, 9.17) is 5.73 Å². The van der Waals surface area contributed by atoms with Crippen LogP contribution in [0.5, 0.6) is 0 Å². The highest BCUT2D eigenvalue weighted by Gasteiger charge is 2.25. The number of nitrogens with two attached hydrogens (primary N) is 1. The molecule has 1 aliphatic carbocycles. The maximum absolute atomic E-state index is 5.93. The second kappa shape index (κ2) is 5.01. The molecule has 0 amide bonds. The Kier molecular flexibility index (Phi) is 3.21. The summed E-state index contributed by atoms with van der Waals surface area (Å²) in [5, 5.41) is 0. The molecule has 2 aromatic rings. The van der Waals surface area contributed by atoms with Gasteiger partial charge in [-0.15, -0.1) is 0 Å². The Balaban J connectivity index is 1.76. The Morgan fingerprint density at radius 3 is 3.05 bits per heavy atom. The molecule has 2 heterocycles. The van der Waals surface area contributed by atoms with Gasteiger partial charge in [0.25, 0.3) is 0 Å². The van der Waals surface area contributed by atoms with Gasteiger partial charge in [0.05, 0.1) is 18.2 Å². The molecular weight excluding hydrogens is 238 g/mol. The van der Waals surface area contributed by atoms with E-state index in [1.165, 1.54) is 12.8 Å². The smallest absolute Gasteiger partial charge is 0.132 e. The van der Waals surface area contributed by atoms with Crippen LogP contribution in [0.2, 0.25) is 0 Å². The summed E-state index contributed by atoms with van der Waals surface area (Å²) in [7, 11) is 2.19. The molecule has 1 fully saturated rings. The summed E-state index contributed by atoms with van der Waals surface area (Å²) in [5.74, 6) is 0.555. The van der Waals surface area contributed by atoms with Crippen LogP contribution in [0, 0.1) is 0 Å². The quantitative estimate of drug-likeness (QED) is 0.884. The lowest BCUT2D eigenvalue weighted by Gasteiger charge is -2.17. The predicted octanol–water partition coefficient (Wildman–Crippen LogP) is 1.62. The molecular formula is C14H19N5. The van der Waals surface area contributed by atoms with Crippen LogP contribution >= 0.6 is 0 Å². The minimum atomic E-state index is 0.555. The number of nitrogens with zero attached hydrogens (tertiary/aromatic N) is 4. The van der Waals surface area contributed by atoms with E-state index in [0.717, 1.165) is 30.4 Å². The van der Waals surface area contributed by atoms with E-state index in [2.05, 4.69) is 26.5 Å². The molecule has 0 aliphatic heterocycles. The van der Waals surface area contributed by atoms with Crippen molar-refractivity contribution in [1.82, 2.24) is 19.4 Å². The fourth-order valence-electron chi connectivity index (χ4n) is 2.32. The summed E-state index contributed by atoms with van der Waals surface area (Å²) in [6.45, 7) is 1.96. The van der Waals surface area contributed by atoms with Crippen LogP contribution in [0.25, 0.3) is 11.3 Å². The number of hydrogen-bond donors (Lipinski definition) is 1. The molecule has 0 atom stereocenters. The van der Waals surface area contributed by atoms with E-state index in [9.17, 15) is 0 Å². The number of aromatic nitrogens is 3. The molecule has 1 aliphatic rings. The minimum absolute atomic E-state index is 0.555. The van der Waals surface area contributed by atoms with Gasteiger partial charge >= 0.3 is 0 Å². The molecule has 19 heavy (non-hydrogen) atoms. The van der Waals surface area contributed by atoms with E-state index < -0.39 is 0 Å². The van der Waals surface area contributed by atoms with Gasteiger partial charge in [-0.05, 0) is 32.0 Å². The van der Waals surface area contributed by atoms with E-state index in [-0.39, 0.29) is 0 Å². The van der Waals surface area contributed by atoms with E-state index in [1.807, 2.05) is 24.7 Å². The zero-order chi connectivity index (χ0) is 13.2. The van der Waals surface area contributed by atoms with Gasteiger partial charge in [-0.1, -0.05) is 0 Å². The fourth-order valence-corrected chi connectivity index (χ4v) is 2.32. The fraction of sp³-hybridized carbons (Fsp3) is 0.429. The molecule has 0 unspecified atom stereocenters. The van der Waals surface area contributed by atoms with Gasteiger partial charge in [0.1, 0.15) is 5.82 Å². The lowest BCUT2D eigenvalue weighted by molar-refractivity contribution is 0.309. The average molecular weight is 257 g/mol. The third-order valence-electron chi connectivity index (χ3n) is 3.69. The lowest BCUT2D eigenvalue weighted by atomic mass is 10.2. The van der Waals surface area contributed by atoms with Crippen molar-refractivity contribution in [2.24, 2.45) is 0 Å². The van der Waals surface area contributed by atoms with Gasteiger partial charge in [-0.3, -0.25) is 0 Å². The zero-order valence-electron chi connectivity index (χ0n) is 11.2. The van der Waals surface area contributed by atoms with Gasteiger partial charge in [0.2, 0.25) is 0 Å². The van der Waals surface area contributed by atoms with Gasteiger partial charge in [0.15, 0.2) is 0 Å². The topological polar surface area (TPSA) is 60.0 Å². The molecule has 0 aromatic carbocycles. The highest BCUT2D eigenvalue weighted by atomic mass is 15.2. The van der Waals surface area contributed by atoms with Crippen molar-refractivity contribution in [1.29, 1.82) is 0 Å². The van der Waals surface area contributed by atoms with Crippen molar-refractivity contribution in [2.45, 2.75) is 25.4 Å². The Morgan fingerprint density at radius 1 is 1.47 bits per heavy atom. The number of imidazole rings is 1. The zero-order valence-corrected chi connectivity index (χ0v) is 11.2. The third-order valence-corrected chi connectivity index (χ3v) is 3.69. The summed E-state index contributed by atoms with van der Waals surface area (Å²) >= 11 is 0. The number of anilines is 1. The second-order valence-corrected chi connectivity index (χ2v) is 5.12. The summed E-state index contributed by atoms with van der Waals surface area (Å²) < 4.78 is 2.15. The van der Waals surface area contributed by atoms with E-state index in [1.54, 1.807) is 6.20 Å². The number of likely N-dealkylation sites (N-methyl/N-ethyl adjacent to an activating group) is 1. The molecule has 2 aromatic heterocycles. The van der Waals surface area contributed by atoms with Crippen LogP contribution in [-0.4, -0.2) is 39.1 Å². The predicted molar refractivity (Wildman–Crippen MR) is 75.5 cm³/mol. The van der Waals surface area contributed by atoms with Crippen molar-refractivity contribution in [2.75, 3.05) is 19.3 Å². The second-order valence-electron chi connectivity index (χ2n) is 5.12. The van der Waals surface area contributed by atoms with Crippen LogP contribution in [0.1, 0.15) is 12.8 Å². The highest BCUT2D eigenvalue weighted by Crippen LogP contribution is 2.26. The minimum Gasteiger partial charge on any atom is -0.383 e. The number of hydrogen-bond acceptors (Lipinski definition) is 4. The molecule has 0 radical (unpaired) electrons. The monoisotopic (exact) mass is 257 g/mol. The van der Waals surface area contributed by atoms with Crippen molar-refractivity contribution >= 4 is 5.82 Å². The largest absolute Gasteiger partial charge is 0.383 e. The van der Waals surface area contributed by atoms with Crippen LogP contribution in [-0.2, 0) is 6.54 Å². The first-order valence-corrected chi connectivity index (χ1v) is 6.67. The molecule has 2 N–H and O–H groups in total. The molecule has 100 valence electrons. The molecule has 0 saturated heterocycles. The normalized spacial score (nSPS) is 15.1. The van der Waals surface area contributed by atoms with Gasteiger partial charge in [0, 0.05) is 30.9 Å². The summed E-state index contributed by atoms with van der Waals surface area (Å²) in [4.78, 5) is 10.8. The van der Waals surface area contributed by atoms with Crippen LogP contribution in [0.4, 0.5) is 5.82 Å². The molecule has 0 bridgehead atoms. The summed E-state index contributed by atoms with van der Waals surface area (Å²) in [5.41, 5.74) is 7.92. The summed E-state index contributed by atoms with van der Waals surface area (Å²) in [6.07, 6.45) is 8.10.